The van der Waals surface area contributed by atoms with Crippen molar-refractivity contribution >= 4 is 17.5 Å². The number of fused-ring (bicyclic) bond motifs is 1. The number of pyridine rings is 1. The van der Waals surface area contributed by atoms with Crippen LogP contribution in [0.25, 0.3) is 0 Å². The molecule has 1 aliphatic rings. The summed E-state index contributed by atoms with van der Waals surface area (Å²) in [4.78, 5) is 19.2. The topological polar surface area (TPSA) is 42.4 Å². The maximum atomic E-state index is 13.1. The number of benzene rings is 2. The van der Waals surface area contributed by atoms with Crippen molar-refractivity contribution in [1.29, 1.82) is 0 Å². The van der Waals surface area contributed by atoms with Gasteiger partial charge in [0.2, 0.25) is 0 Å². The highest BCUT2D eigenvalue weighted by Gasteiger charge is 2.22. The Morgan fingerprint density at radius 3 is 2.79 bits per heavy atom. The van der Waals surface area contributed by atoms with Crippen LogP contribution >= 0.6 is 11.6 Å². The molecule has 0 saturated carbocycles. The molecule has 0 saturated heterocycles. The molecule has 0 radical (unpaired) electrons. The summed E-state index contributed by atoms with van der Waals surface area (Å²) in [5.41, 5.74) is 4.25. The summed E-state index contributed by atoms with van der Waals surface area (Å²) >= 11 is 6.12. The predicted octanol–water partition coefficient (Wildman–Crippen LogP) is 4.34. The first-order chi connectivity index (χ1) is 14.1. The van der Waals surface area contributed by atoms with Crippen molar-refractivity contribution in [3.05, 3.63) is 93.8 Å². The highest BCUT2D eigenvalue weighted by atomic mass is 35.5. The largest absolute Gasteiger partial charge is 0.495 e. The molecule has 1 amide bonds. The SMILES string of the molecule is COc1ccc(C(=O)N2CCc3ccc(Cl)cc3C2)cc1C#Cc1ccccn1. The van der Waals surface area contributed by atoms with Gasteiger partial charge in [-0.05, 0) is 65.9 Å². The highest BCUT2D eigenvalue weighted by Crippen LogP contribution is 2.25. The highest BCUT2D eigenvalue weighted by molar-refractivity contribution is 6.30. The molecule has 0 fully saturated rings. The molecule has 1 aromatic heterocycles. The van der Waals surface area contributed by atoms with E-state index in [4.69, 9.17) is 16.3 Å². The van der Waals surface area contributed by atoms with E-state index in [0.717, 1.165) is 12.0 Å². The Labute approximate surface area is 175 Å². The second kappa shape index (κ2) is 8.38. The zero-order valence-corrected chi connectivity index (χ0v) is 16.7. The van der Waals surface area contributed by atoms with Crippen LogP contribution < -0.4 is 4.74 Å². The van der Waals surface area contributed by atoms with Crippen molar-refractivity contribution in [2.75, 3.05) is 13.7 Å². The number of nitrogens with zero attached hydrogens (tertiary/aromatic N) is 2. The number of halogens is 1. The third-order valence-corrected chi connectivity index (χ3v) is 5.14. The van der Waals surface area contributed by atoms with Crippen LogP contribution in [0.2, 0.25) is 5.02 Å². The van der Waals surface area contributed by atoms with Crippen LogP contribution in [0.15, 0.2) is 60.8 Å². The van der Waals surface area contributed by atoms with Gasteiger partial charge < -0.3 is 9.64 Å². The lowest BCUT2D eigenvalue weighted by atomic mass is 9.99. The summed E-state index contributed by atoms with van der Waals surface area (Å²) < 4.78 is 5.41. The number of carbonyl (C=O) groups is 1. The summed E-state index contributed by atoms with van der Waals surface area (Å²) in [6.45, 7) is 1.23. The number of rotatable bonds is 2. The first-order valence-electron chi connectivity index (χ1n) is 9.32. The Bertz CT molecular complexity index is 1120. The van der Waals surface area contributed by atoms with Crippen LogP contribution in [-0.2, 0) is 13.0 Å². The normalized spacial score (nSPS) is 12.6. The second-order valence-corrected chi connectivity index (χ2v) is 7.21. The lowest BCUT2D eigenvalue weighted by Crippen LogP contribution is -2.36. The Balaban J connectivity index is 1.60. The van der Waals surface area contributed by atoms with Gasteiger partial charge in [0.1, 0.15) is 11.4 Å². The fourth-order valence-corrected chi connectivity index (χ4v) is 3.58. The summed E-state index contributed by atoms with van der Waals surface area (Å²) in [5.74, 6) is 6.69. The molecule has 5 heteroatoms. The number of hydrogen-bond donors (Lipinski definition) is 0. The number of aromatic nitrogens is 1. The third kappa shape index (κ3) is 4.26. The van der Waals surface area contributed by atoms with E-state index in [-0.39, 0.29) is 5.91 Å². The van der Waals surface area contributed by atoms with E-state index in [1.807, 2.05) is 41.3 Å². The molecule has 144 valence electrons. The molecule has 2 aromatic carbocycles. The van der Waals surface area contributed by atoms with Crippen LogP contribution in [-0.4, -0.2) is 29.4 Å². The summed E-state index contributed by atoms with van der Waals surface area (Å²) in [6.07, 6.45) is 2.52. The second-order valence-electron chi connectivity index (χ2n) is 6.77. The van der Waals surface area contributed by atoms with Crippen LogP contribution in [0, 0.1) is 11.8 Å². The molecule has 0 spiro atoms. The van der Waals surface area contributed by atoms with Crippen molar-refractivity contribution in [3.8, 4) is 17.6 Å². The van der Waals surface area contributed by atoms with Gasteiger partial charge in [-0.1, -0.05) is 29.7 Å². The van der Waals surface area contributed by atoms with Gasteiger partial charge in [-0.3, -0.25) is 4.79 Å². The first kappa shape index (κ1) is 19.0. The van der Waals surface area contributed by atoms with Gasteiger partial charge in [0.15, 0.2) is 0 Å². The molecule has 0 bridgehead atoms. The van der Waals surface area contributed by atoms with Crippen LogP contribution in [0.5, 0.6) is 5.75 Å². The Morgan fingerprint density at radius 1 is 1.10 bits per heavy atom. The van der Waals surface area contributed by atoms with Crippen molar-refractivity contribution in [1.82, 2.24) is 9.88 Å². The Hall–Kier alpha value is -3.29. The van der Waals surface area contributed by atoms with Crippen molar-refractivity contribution in [2.24, 2.45) is 0 Å². The van der Waals surface area contributed by atoms with E-state index in [0.29, 0.717) is 40.7 Å². The fraction of sp³-hybridized carbons (Fsp3) is 0.167. The lowest BCUT2D eigenvalue weighted by molar-refractivity contribution is 0.0734. The molecule has 0 aliphatic carbocycles. The maximum Gasteiger partial charge on any atom is 0.254 e. The standard InChI is InChI=1S/C24H19ClN2O2/c1-29-23-10-7-19(14-18(23)6-9-22-4-2-3-12-26-22)24(28)27-13-11-17-5-8-21(25)15-20(17)16-27/h2-5,7-8,10,12,14-15H,11,13,16H2,1H3. The van der Waals surface area contributed by atoms with Gasteiger partial charge >= 0.3 is 0 Å². The first-order valence-corrected chi connectivity index (χ1v) is 9.69. The summed E-state index contributed by atoms with van der Waals surface area (Å²) in [5, 5.41) is 0.689. The van der Waals surface area contributed by atoms with Gasteiger partial charge in [-0.15, -0.1) is 0 Å². The molecular formula is C24H19ClN2O2. The van der Waals surface area contributed by atoms with Crippen LogP contribution in [0.3, 0.4) is 0 Å². The third-order valence-electron chi connectivity index (χ3n) is 4.90. The van der Waals surface area contributed by atoms with Crippen LogP contribution in [0.4, 0.5) is 0 Å². The molecule has 2 heterocycles. The maximum absolute atomic E-state index is 13.1. The number of amides is 1. The zero-order valence-electron chi connectivity index (χ0n) is 16.0. The molecule has 0 N–H and O–H groups in total. The molecular weight excluding hydrogens is 384 g/mol. The van der Waals surface area contributed by atoms with Gasteiger partial charge in [-0.25, -0.2) is 4.98 Å². The monoisotopic (exact) mass is 402 g/mol. The average molecular weight is 403 g/mol. The number of methoxy groups -OCH3 is 1. The van der Waals surface area contributed by atoms with E-state index in [2.05, 4.69) is 16.8 Å². The minimum Gasteiger partial charge on any atom is -0.495 e. The van der Waals surface area contributed by atoms with E-state index in [1.165, 1.54) is 5.56 Å². The number of carbonyl (C=O) groups excluding carboxylic acids is 1. The Kier molecular flexibility index (Phi) is 5.50. The smallest absolute Gasteiger partial charge is 0.254 e. The zero-order chi connectivity index (χ0) is 20.2. The van der Waals surface area contributed by atoms with E-state index in [1.54, 1.807) is 31.5 Å². The van der Waals surface area contributed by atoms with Crippen molar-refractivity contribution in [2.45, 2.75) is 13.0 Å². The Morgan fingerprint density at radius 2 is 2.00 bits per heavy atom. The molecule has 1 aliphatic heterocycles. The van der Waals surface area contributed by atoms with Crippen molar-refractivity contribution in [3.63, 3.8) is 0 Å². The van der Waals surface area contributed by atoms with Gasteiger partial charge in [0.05, 0.1) is 12.7 Å². The summed E-state index contributed by atoms with van der Waals surface area (Å²) in [7, 11) is 1.59. The van der Waals surface area contributed by atoms with Gasteiger partial charge in [0.25, 0.3) is 5.91 Å². The minimum absolute atomic E-state index is 0.0286. The molecule has 29 heavy (non-hydrogen) atoms. The molecule has 4 rings (SSSR count). The van der Waals surface area contributed by atoms with Gasteiger partial charge in [0, 0.05) is 29.9 Å². The minimum atomic E-state index is -0.0286. The van der Waals surface area contributed by atoms with E-state index < -0.39 is 0 Å². The van der Waals surface area contributed by atoms with E-state index in [9.17, 15) is 4.79 Å². The molecule has 0 atom stereocenters. The van der Waals surface area contributed by atoms with Gasteiger partial charge in [-0.2, -0.15) is 0 Å². The lowest BCUT2D eigenvalue weighted by Gasteiger charge is -2.29. The fourth-order valence-electron chi connectivity index (χ4n) is 3.39. The molecule has 0 unspecified atom stereocenters. The summed E-state index contributed by atoms with van der Waals surface area (Å²) in [6, 6.07) is 16.8. The van der Waals surface area contributed by atoms with E-state index >= 15 is 0 Å². The average Bonchev–Trinajstić information content (AvgIpc) is 2.77. The molecule has 3 aromatic rings. The quantitative estimate of drug-likeness (QED) is 0.599. The van der Waals surface area contributed by atoms with Crippen molar-refractivity contribution < 1.29 is 9.53 Å². The van der Waals surface area contributed by atoms with Crippen LogP contribution in [0.1, 0.15) is 32.7 Å². The number of hydrogen-bond acceptors (Lipinski definition) is 3. The number of ether oxygens (including phenoxy) is 1. The predicted molar refractivity (Wildman–Crippen MR) is 113 cm³/mol. The molecule has 4 nitrogen and oxygen atoms in total.